The molecule has 2 aliphatic carbocycles. The predicted molar refractivity (Wildman–Crippen MR) is 150 cm³/mol. The first-order valence-corrected chi connectivity index (χ1v) is 13.8. The van der Waals surface area contributed by atoms with Crippen molar-refractivity contribution in [3.63, 3.8) is 0 Å². The van der Waals surface area contributed by atoms with E-state index in [0.717, 1.165) is 37.0 Å². The van der Waals surface area contributed by atoms with Gasteiger partial charge in [-0.1, -0.05) is 52.0 Å². The SMILES string of the molecule is COc1ccc(Cn2c(=O)ccc3c(C(F)C(=O)CC45C[C@@H](C)CC(C)(CC(C)(C)C4)C5)cccc32)cc1. The van der Waals surface area contributed by atoms with Gasteiger partial charge in [0.2, 0.25) is 0 Å². The Morgan fingerprint density at radius 3 is 2.47 bits per heavy atom. The molecule has 38 heavy (non-hydrogen) atoms. The molecule has 3 aromatic rings. The minimum Gasteiger partial charge on any atom is -0.497 e. The largest absolute Gasteiger partial charge is 0.497 e. The molecule has 3 unspecified atom stereocenters. The molecular weight excluding hydrogens is 477 g/mol. The van der Waals surface area contributed by atoms with Crippen LogP contribution < -0.4 is 10.3 Å². The summed E-state index contributed by atoms with van der Waals surface area (Å²) in [6.45, 7) is 9.61. The van der Waals surface area contributed by atoms with E-state index in [1.807, 2.05) is 30.3 Å². The molecule has 0 aliphatic heterocycles. The van der Waals surface area contributed by atoms with Gasteiger partial charge in [-0.25, -0.2) is 4.39 Å². The number of carbonyl (C=O) groups is 1. The van der Waals surface area contributed by atoms with E-state index in [1.54, 1.807) is 29.9 Å². The van der Waals surface area contributed by atoms with E-state index in [2.05, 4.69) is 27.7 Å². The second-order valence-electron chi connectivity index (χ2n) is 13.4. The number of ketones is 1. The van der Waals surface area contributed by atoms with Crippen molar-refractivity contribution in [2.24, 2.45) is 22.2 Å². The van der Waals surface area contributed by atoms with Crippen molar-refractivity contribution in [3.8, 4) is 5.75 Å². The molecular formula is C33H40FNO3. The van der Waals surface area contributed by atoms with Crippen molar-refractivity contribution >= 4 is 16.7 Å². The maximum atomic E-state index is 16.1. The van der Waals surface area contributed by atoms with Crippen LogP contribution in [0.15, 0.2) is 59.4 Å². The first kappa shape index (κ1) is 26.6. The predicted octanol–water partition coefficient (Wildman–Crippen LogP) is 7.66. The lowest BCUT2D eigenvalue weighted by atomic mass is 9.46. The Morgan fingerprint density at radius 2 is 1.76 bits per heavy atom. The molecule has 0 spiro atoms. The maximum absolute atomic E-state index is 16.1. The number of nitrogens with zero attached hydrogens (tertiary/aromatic N) is 1. The van der Waals surface area contributed by atoms with Crippen molar-refractivity contribution in [1.82, 2.24) is 4.57 Å². The van der Waals surface area contributed by atoms with Crippen LogP contribution in [0, 0.1) is 22.2 Å². The fourth-order valence-electron chi connectivity index (χ4n) is 8.68. The monoisotopic (exact) mass is 517 g/mol. The van der Waals surface area contributed by atoms with Gasteiger partial charge in [0.1, 0.15) is 5.75 Å². The topological polar surface area (TPSA) is 48.3 Å². The molecule has 2 aromatic carbocycles. The van der Waals surface area contributed by atoms with Crippen LogP contribution in [-0.4, -0.2) is 17.5 Å². The Kier molecular flexibility index (Phi) is 6.77. The second-order valence-corrected chi connectivity index (χ2v) is 13.4. The van der Waals surface area contributed by atoms with Gasteiger partial charge in [-0.15, -0.1) is 0 Å². The summed E-state index contributed by atoms with van der Waals surface area (Å²) in [5.74, 6) is 0.953. The van der Waals surface area contributed by atoms with Crippen LogP contribution in [0.4, 0.5) is 4.39 Å². The summed E-state index contributed by atoms with van der Waals surface area (Å²) < 4.78 is 23.0. The standard InChI is InChI=1S/C33H40FNO3/c1-22-15-32(4)19-31(2,3)20-33(16-22,21-32)17-28(36)30(34)26-7-6-8-27-25(26)13-14-29(37)35(27)18-23-9-11-24(38-5)12-10-23/h6-14,22,30H,15-21H2,1-5H3/t22-,30?,32?,33?/m0/s1. The molecule has 2 aliphatic rings. The van der Waals surface area contributed by atoms with Crippen LogP contribution in [0.1, 0.15) is 83.5 Å². The number of fused-ring (bicyclic) bond motifs is 3. The molecule has 2 fully saturated rings. The number of halogens is 1. The van der Waals surface area contributed by atoms with Gasteiger partial charge in [0.25, 0.3) is 5.56 Å². The van der Waals surface area contributed by atoms with E-state index in [4.69, 9.17) is 4.74 Å². The average Bonchev–Trinajstić information content (AvgIpc) is 2.82. The number of aromatic nitrogens is 1. The summed E-state index contributed by atoms with van der Waals surface area (Å²) >= 11 is 0. The lowest BCUT2D eigenvalue weighted by molar-refractivity contribution is -0.133. The number of benzene rings is 2. The number of alkyl halides is 1. The average molecular weight is 518 g/mol. The lowest BCUT2D eigenvalue weighted by Crippen LogP contribution is -2.48. The van der Waals surface area contributed by atoms with Crippen molar-refractivity contribution in [2.75, 3.05) is 7.11 Å². The van der Waals surface area contributed by atoms with Crippen LogP contribution >= 0.6 is 0 Å². The van der Waals surface area contributed by atoms with Crippen LogP contribution in [0.3, 0.4) is 0 Å². The van der Waals surface area contributed by atoms with Gasteiger partial charge in [0.05, 0.1) is 19.2 Å². The molecule has 0 N–H and O–H groups in total. The Balaban J connectivity index is 1.45. The quantitative estimate of drug-likeness (QED) is 0.323. The van der Waals surface area contributed by atoms with E-state index >= 15 is 4.39 Å². The Morgan fingerprint density at radius 1 is 1.03 bits per heavy atom. The normalized spacial score (nSPS) is 27.2. The zero-order chi connectivity index (χ0) is 27.3. The first-order valence-electron chi connectivity index (χ1n) is 13.8. The second kappa shape index (κ2) is 9.66. The van der Waals surface area contributed by atoms with Crippen molar-refractivity contribution in [2.45, 2.75) is 78.9 Å². The van der Waals surface area contributed by atoms with E-state index in [9.17, 15) is 9.59 Å². The summed E-state index contributed by atoms with van der Waals surface area (Å²) in [5.41, 5.74) is 1.99. The Bertz CT molecular complexity index is 1400. The Labute approximate surface area is 225 Å². The summed E-state index contributed by atoms with van der Waals surface area (Å²) in [6.07, 6.45) is 3.86. The molecule has 0 radical (unpaired) electrons. The van der Waals surface area contributed by atoms with Crippen molar-refractivity contribution in [3.05, 3.63) is 76.1 Å². The van der Waals surface area contributed by atoms with Crippen LogP contribution in [0.5, 0.6) is 5.75 Å². The highest BCUT2D eigenvalue weighted by Crippen LogP contribution is 2.63. The molecule has 2 bridgehead atoms. The van der Waals surface area contributed by atoms with Crippen molar-refractivity contribution in [1.29, 1.82) is 0 Å². The molecule has 4 nitrogen and oxygen atoms in total. The maximum Gasteiger partial charge on any atom is 0.251 e. The number of ether oxygens (including phenoxy) is 1. The van der Waals surface area contributed by atoms with E-state index < -0.39 is 6.17 Å². The van der Waals surface area contributed by atoms with Crippen molar-refractivity contribution < 1.29 is 13.9 Å². The van der Waals surface area contributed by atoms with Gasteiger partial charge in [-0.05, 0) is 84.1 Å². The zero-order valence-electron chi connectivity index (χ0n) is 23.4. The fraction of sp³-hybridized carbons (Fsp3) is 0.515. The van der Waals surface area contributed by atoms with Gasteiger partial charge in [0, 0.05) is 23.4 Å². The molecule has 5 rings (SSSR count). The molecule has 5 heteroatoms. The minimum absolute atomic E-state index is 0.142. The van der Waals surface area contributed by atoms with Gasteiger partial charge in [0.15, 0.2) is 12.0 Å². The molecule has 0 amide bonds. The van der Waals surface area contributed by atoms with E-state index in [1.165, 1.54) is 12.5 Å². The highest BCUT2D eigenvalue weighted by Gasteiger charge is 2.54. The number of rotatable bonds is 7. The fourth-order valence-corrected chi connectivity index (χ4v) is 8.68. The van der Waals surface area contributed by atoms with Crippen LogP contribution in [-0.2, 0) is 11.3 Å². The number of carbonyl (C=O) groups excluding carboxylic acids is 1. The molecule has 0 saturated heterocycles. The third-order valence-electron chi connectivity index (χ3n) is 8.85. The number of hydrogen-bond acceptors (Lipinski definition) is 3. The van der Waals surface area contributed by atoms with Crippen LogP contribution in [0.2, 0.25) is 0 Å². The van der Waals surface area contributed by atoms with Crippen LogP contribution in [0.25, 0.3) is 10.9 Å². The molecule has 2 saturated carbocycles. The molecule has 202 valence electrons. The molecule has 4 atom stereocenters. The highest BCUT2D eigenvalue weighted by atomic mass is 19.1. The summed E-state index contributed by atoms with van der Waals surface area (Å²) in [7, 11) is 1.61. The van der Waals surface area contributed by atoms with E-state index in [0.29, 0.717) is 28.9 Å². The highest BCUT2D eigenvalue weighted by molar-refractivity contribution is 5.92. The van der Waals surface area contributed by atoms with Gasteiger partial charge in [-0.2, -0.15) is 0 Å². The summed E-state index contributed by atoms with van der Waals surface area (Å²) in [6, 6.07) is 16.0. The number of methoxy groups -OCH3 is 1. The van der Waals surface area contributed by atoms with Gasteiger partial charge >= 0.3 is 0 Å². The first-order chi connectivity index (χ1) is 17.9. The third-order valence-corrected chi connectivity index (χ3v) is 8.85. The third kappa shape index (κ3) is 5.17. The molecule has 1 aromatic heterocycles. The summed E-state index contributed by atoms with van der Waals surface area (Å²) in [5, 5.41) is 0.616. The smallest absolute Gasteiger partial charge is 0.251 e. The number of Topliss-reactive ketones (excluding diaryl/α,β-unsaturated/α-hetero) is 1. The number of pyridine rings is 1. The Hall–Kier alpha value is -2.95. The minimum atomic E-state index is -1.71. The van der Waals surface area contributed by atoms with Gasteiger partial charge < -0.3 is 9.30 Å². The van der Waals surface area contributed by atoms with Gasteiger partial charge in [-0.3, -0.25) is 9.59 Å². The van der Waals surface area contributed by atoms with E-state index in [-0.39, 0.29) is 34.0 Å². The lowest BCUT2D eigenvalue weighted by Gasteiger charge is -2.58. The summed E-state index contributed by atoms with van der Waals surface area (Å²) in [4.78, 5) is 26.5. The zero-order valence-corrected chi connectivity index (χ0v) is 23.4. The number of hydrogen-bond donors (Lipinski definition) is 0. The molecule has 1 heterocycles.